The second-order valence-corrected chi connectivity index (χ2v) is 5.64. The zero-order chi connectivity index (χ0) is 12.0. The third-order valence-corrected chi connectivity index (χ3v) is 3.08. The molecule has 0 radical (unpaired) electrons. The predicted octanol–water partition coefficient (Wildman–Crippen LogP) is 2.30. The van der Waals surface area contributed by atoms with Crippen molar-refractivity contribution in [3.63, 3.8) is 0 Å². The SMILES string of the molecule is CC(C)(C)n1c(-c2cn[nH]n2)cnc1C1CC1. The number of aromatic nitrogens is 5. The van der Waals surface area contributed by atoms with Gasteiger partial charge in [0.2, 0.25) is 0 Å². The van der Waals surface area contributed by atoms with Crippen molar-refractivity contribution in [3.8, 4) is 11.4 Å². The van der Waals surface area contributed by atoms with Crippen molar-refractivity contribution in [3.05, 3.63) is 18.2 Å². The molecule has 0 saturated heterocycles. The quantitative estimate of drug-likeness (QED) is 0.862. The maximum Gasteiger partial charge on any atom is 0.130 e. The summed E-state index contributed by atoms with van der Waals surface area (Å²) in [6, 6.07) is 0. The molecule has 0 aliphatic heterocycles. The highest BCUT2D eigenvalue weighted by Gasteiger charge is 2.33. The monoisotopic (exact) mass is 231 g/mol. The van der Waals surface area contributed by atoms with E-state index >= 15 is 0 Å². The fraction of sp³-hybridized carbons (Fsp3) is 0.583. The lowest BCUT2D eigenvalue weighted by atomic mass is 10.1. The number of hydrogen-bond donors (Lipinski definition) is 1. The molecule has 2 aromatic heterocycles. The Hall–Kier alpha value is -1.65. The molecule has 0 amide bonds. The summed E-state index contributed by atoms with van der Waals surface area (Å²) in [5.41, 5.74) is 1.93. The minimum Gasteiger partial charge on any atom is -0.321 e. The predicted molar refractivity (Wildman–Crippen MR) is 64.6 cm³/mol. The van der Waals surface area contributed by atoms with Crippen LogP contribution in [0.1, 0.15) is 45.4 Å². The lowest BCUT2D eigenvalue weighted by molar-refractivity contribution is 0.386. The maximum absolute atomic E-state index is 4.58. The van der Waals surface area contributed by atoms with E-state index in [2.05, 4.69) is 45.7 Å². The van der Waals surface area contributed by atoms with Crippen LogP contribution in [0.2, 0.25) is 0 Å². The van der Waals surface area contributed by atoms with E-state index < -0.39 is 0 Å². The molecular formula is C12H17N5. The van der Waals surface area contributed by atoms with Crippen LogP contribution >= 0.6 is 0 Å². The van der Waals surface area contributed by atoms with E-state index in [9.17, 15) is 0 Å². The Kier molecular flexibility index (Phi) is 2.11. The van der Waals surface area contributed by atoms with Gasteiger partial charge in [0.15, 0.2) is 0 Å². The molecular weight excluding hydrogens is 214 g/mol. The van der Waals surface area contributed by atoms with Gasteiger partial charge < -0.3 is 4.57 Å². The van der Waals surface area contributed by atoms with Crippen LogP contribution in [0.15, 0.2) is 12.4 Å². The van der Waals surface area contributed by atoms with Crippen LogP contribution in [-0.2, 0) is 5.54 Å². The highest BCUT2D eigenvalue weighted by Crippen LogP contribution is 2.42. The zero-order valence-corrected chi connectivity index (χ0v) is 10.4. The molecule has 1 aliphatic rings. The number of nitrogens with zero attached hydrogens (tertiary/aromatic N) is 4. The molecule has 0 aromatic carbocycles. The van der Waals surface area contributed by atoms with Crippen molar-refractivity contribution < 1.29 is 0 Å². The lowest BCUT2D eigenvalue weighted by Crippen LogP contribution is -2.25. The van der Waals surface area contributed by atoms with Gasteiger partial charge in [0, 0.05) is 11.5 Å². The van der Waals surface area contributed by atoms with Gasteiger partial charge in [-0.3, -0.25) is 0 Å². The van der Waals surface area contributed by atoms with Crippen LogP contribution in [0.25, 0.3) is 11.4 Å². The van der Waals surface area contributed by atoms with Crippen LogP contribution in [0, 0.1) is 0 Å². The summed E-state index contributed by atoms with van der Waals surface area (Å²) >= 11 is 0. The Morgan fingerprint density at radius 2 is 2.06 bits per heavy atom. The Balaban J connectivity index is 2.16. The fourth-order valence-electron chi connectivity index (χ4n) is 2.21. The largest absolute Gasteiger partial charge is 0.321 e. The van der Waals surface area contributed by atoms with Crippen molar-refractivity contribution in [1.82, 2.24) is 25.0 Å². The van der Waals surface area contributed by atoms with Crippen LogP contribution in [0.4, 0.5) is 0 Å². The second-order valence-electron chi connectivity index (χ2n) is 5.64. The molecule has 0 atom stereocenters. The molecule has 2 aromatic rings. The molecule has 3 rings (SSSR count). The molecule has 5 heteroatoms. The number of nitrogens with one attached hydrogen (secondary N) is 1. The van der Waals surface area contributed by atoms with Crippen LogP contribution in [0.5, 0.6) is 0 Å². The molecule has 0 spiro atoms. The van der Waals surface area contributed by atoms with Crippen LogP contribution < -0.4 is 0 Å². The van der Waals surface area contributed by atoms with E-state index in [0.29, 0.717) is 5.92 Å². The van der Waals surface area contributed by atoms with Crippen molar-refractivity contribution in [2.24, 2.45) is 0 Å². The molecule has 1 fully saturated rings. The first-order valence-electron chi connectivity index (χ1n) is 6.01. The molecule has 0 unspecified atom stereocenters. The van der Waals surface area contributed by atoms with Crippen molar-refractivity contribution in [2.75, 3.05) is 0 Å². The smallest absolute Gasteiger partial charge is 0.130 e. The average molecular weight is 231 g/mol. The van der Waals surface area contributed by atoms with E-state index in [1.807, 2.05) is 6.20 Å². The first-order chi connectivity index (χ1) is 8.07. The van der Waals surface area contributed by atoms with Gasteiger partial charge in [-0.1, -0.05) is 0 Å². The highest BCUT2D eigenvalue weighted by atomic mass is 15.3. The van der Waals surface area contributed by atoms with Crippen molar-refractivity contribution in [1.29, 1.82) is 0 Å². The topological polar surface area (TPSA) is 59.4 Å². The molecule has 17 heavy (non-hydrogen) atoms. The summed E-state index contributed by atoms with van der Waals surface area (Å²) in [5.74, 6) is 1.82. The van der Waals surface area contributed by atoms with Gasteiger partial charge in [-0.05, 0) is 33.6 Å². The van der Waals surface area contributed by atoms with E-state index in [1.165, 1.54) is 18.7 Å². The van der Waals surface area contributed by atoms with Crippen molar-refractivity contribution >= 4 is 0 Å². The molecule has 5 nitrogen and oxygen atoms in total. The minimum absolute atomic E-state index is 0.0166. The number of H-pyrrole nitrogens is 1. The first kappa shape index (κ1) is 10.5. The Bertz CT molecular complexity index is 514. The third-order valence-electron chi connectivity index (χ3n) is 3.08. The van der Waals surface area contributed by atoms with Gasteiger partial charge >= 0.3 is 0 Å². The van der Waals surface area contributed by atoms with Crippen LogP contribution in [0.3, 0.4) is 0 Å². The lowest BCUT2D eigenvalue weighted by Gasteiger charge is -2.25. The zero-order valence-electron chi connectivity index (χ0n) is 10.4. The summed E-state index contributed by atoms with van der Waals surface area (Å²) < 4.78 is 2.29. The van der Waals surface area contributed by atoms with E-state index in [4.69, 9.17) is 0 Å². The number of hydrogen-bond acceptors (Lipinski definition) is 3. The molecule has 1 saturated carbocycles. The fourth-order valence-corrected chi connectivity index (χ4v) is 2.21. The van der Waals surface area contributed by atoms with Gasteiger partial charge in [-0.2, -0.15) is 15.4 Å². The van der Waals surface area contributed by atoms with Crippen LogP contribution in [-0.4, -0.2) is 25.0 Å². The highest BCUT2D eigenvalue weighted by molar-refractivity contribution is 5.53. The van der Waals surface area contributed by atoms with Gasteiger partial charge in [0.25, 0.3) is 0 Å². The molecule has 0 bridgehead atoms. The standard InChI is InChI=1S/C12H17N5/c1-12(2,3)17-10(9-6-14-16-15-9)7-13-11(17)8-4-5-8/h6-8H,4-5H2,1-3H3,(H,14,15,16). The number of aromatic amines is 1. The Morgan fingerprint density at radius 3 is 2.59 bits per heavy atom. The summed E-state index contributed by atoms with van der Waals surface area (Å²) in [4.78, 5) is 4.58. The van der Waals surface area contributed by atoms with Gasteiger partial charge in [0.1, 0.15) is 11.5 Å². The number of imidazole rings is 1. The maximum atomic E-state index is 4.58. The molecule has 1 N–H and O–H groups in total. The second kappa shape index (κ2) is 3.42. The Morgan fingerprint density at radius 1 is 1.29 bits per heavy atom. The molecule has 90 valence electrons. The van der Waals surface area contributed by atoms with E-state index in [0.717, 1.165) is 11.4 Å². The van der Waals surface area contributed by atoms with Crippen molar-refractivity contribution in [2.45, 2.75) is 45.1 Å². The molecule has 1 aliphatic carbocycles. The van der Waals surface area contributed by atoms with Gasteiger partial charge in [-0.15, -0.1) is 0 Å². The van der Waals surface area contributed by atoms with E-state index in [-0.39, 0.29) is 5.54 Å². The summed E-state index contributed by atoms with van der Waals surface area (Å²) in [7, 11) is 0. The van der Waals surface area contributed by atoms with Gasteiger partial charge in [0.05, 0.1) is 18.1 Å². The summed E-state index contributed by atoms with van der Waals surface area (Å²) in [5, 5.41) is 10.7. The summed E-state index contributed by atoms with van der Waals surface area (Å²) in [6.07, 6.45) is 6.17. The average Bonchev–Trinajstić information content (AvgIpc) is 2.81. The third kappa shape index (κ3) is 1.75. The van der Waals surface area contributed by atoms with Gasteiger partial charge in [-0.25, -0.2) is 4.98 Å². The normalized spacial score (nSPS) is 16.4. The molecule has 2 heterocycles. The summed E-state index contributed by atoms with van der Waals surface area (Å²) in [6.45, 7) is 6.60. The number of rotatable bonds is 2. The first-order valence-corrected chi connectivity index (χ1v) is 6.01. The van der Waals surface area contributed by atoms with E-state index in [1.54, 1.807) is 6.20 Å². The minimum atomic E-state index is 0.0166. The Labute approximate surface area is 100 Å².